The number of nitrogens with zero attached hydrogens (tertiary/aromatic N) is 1. The normalized spacial score (nSPS) is 10.4. The highest BCUT2D eigenvalue weighted by Gasteiger charge is 2.05. The molecule has 0 radical (unpaired) electrons. The molecule has 100 valence electrons. The fourth-order valence-electron chi connectivity index (χ4n) is 1.64. The third-order valence-electron chi connectivity index (χ3n) is 2.65. The Balaban J connectivity index is 2.09. The zero-order chi connectivity index (χ0) is 14.4. The van der Waals surface area contributed by atoms with E-state index in [2.05, 4.69) is 0 Å². The largest absolute Gasteiger partial charge is 0.487 e. The lowest BCUT2D eigenvalue weighted by Crippen LogP contribution is -1.98. The molecule has 0 N–H and O–H groups in total. The zero-order valence-electron chi connectivity index (χ0n) is 10.5. The second-order valence-corrected chi connectivity index (χ2v) is 4.44. The molecular formula is C16H11ClFNO. The van der Waals surface area contributed by atoms with Crippen molar-refractivity contribution >= 4 is 17.7 Å². The van der Waals surface area contributed by atoms with Gasteiger partial charge in [-0.3, -0.25) is 0 Å². The monoisotopic (exact) mass is 287 g/mol. The molecule has 4 heteroatoms. The summed E-state index contributed by atoms with van der Waals surface area (Å²) in [6.45, 7) is 0.111. The molecular weight excluding hydrogens is 277 g/mol. The molecule has 0 amide bonds. The molecule has 0 heterocycles. The van der Waals surface area contributed by atoms with E-state index in [0.717, 1.165) is 5.56 Å². The van der Waals surface area contributed by atoms with Crippen LogP contribution in [-0.2, 0) is 6.61 Å². The highest BCUT2D eigenvalue weighted by molar-refractivity contribution is 6.32. The Morgan fingerprint density at radius 3 is 2.75 bits per heavy atom. The Kier molecular flexibility index (Phi) is 4.75. The SMILES string of the molecule is N#CC=Cc1ccc(OCc2ccccc2F)c(Cl)c1. The first-order valence-electron chi connectivity index (χ1n) is 5.92. The molecule has 0 aliphatic rings. The Labute approximate surface area is 121 Å². The molecule has 0 bridgehead atoms. The molecule has 0 aliphatic carbocycles. The van der Waals surface area contributed by atoms with E-state index in [1.807, 2.05) is 6.07 Å². The molecule has 0 atom stereocenters. The molecule has 0 saturated carbocycles. The Hall–Kier alpha value is -2.31. The molecule has 0 spiro atoms. The minimum atomic E-state index is -0.308. The van der Waals surface area contributed by atoms with E-state index in [0.29, 0.717) is 16.3 Å². The lowest BCUT2D eigenvalue weighted by molar-refractivity contribution is 0.300. The van der Waals surface area contributed by atoms with Crippen molar-refractivity contribution in [1.29, 1.82) is 5.26 Å². The number of nitriles is 1. The summed E-state index contributed by atoms with van der Waals surface area (Å²) in [4.78, 5) is 0. The zero-order valence-corrected chi connectivity index (χ0v) is 11.3. The van der Waals surface area contributed by atoms with Crippen LogP contribution in [-0.4, -0.2) is 0 Å². The van der Waals surface area contributed by atoms with E-state index < -0.39 is 0 Å². The standard InChI is InChI=1S/C16H11ClFNO/c17-14-10-12(4-3-9-19)7-8-16(14)20-11-13-5-1-2-6-15(13)18/h1-8,10H,11H2. The van der Waals surface area contributed by atoms with Crippen molar-refractivity contribution in [3.63, 3.8) is 0 Å². The molecule has 2 aromatic carbocycles. The van der Waals surface area contributed by atoms with Crippen molar-refractivity contribution < 1.29 is 9.13 Å². The molecule has 0 aromatic heterocycles. The van der Waals surface area contributed by atoms with Crippen molar-refractivity contribution in [2.75, 3.05) is 0 Å². The first-order valence-corrected chi connectivity index (χ1v) is 6.30. The molecule has 0 unspecified atom stereocenters. The van der Waals surface area contributed by atoms with Crippen LogP contribution in [0.15, 0.2) is 48.5 Å². The summed E-state index contributed by atoms with van der Waals surface area (Å²) in [5, 5.41) is 8.88. The number of halogens is 2. The van der Waals surface area contributed by atoms with Crippen LogP contribution in [0.1, 0.15) is 11.1 Å². The average Bonchev–Trinajstić information content (AvgIpc) is 2.45. The van der Waals surface area contributed by atoms with E-state index in [1.165, 1.54) is 12.1 Å². The van der Waals surface area contributed by atoms with Crippen LogP contribution in [0.25, 0.3) is 6.08 Å². The van der Waals surface area contributed by atoms with E-state index in [1.54, 1.807) is 42.5 Å². The Morgan fingerprint density at radius 2 is 2.05 bits per heavy atom. The van der Waals surface area contributed by atoms with Gasteiger partial charge in [0.15, 0.2) is 0 Å². The van der Waals surface area contributed by atoms with Crippen molar-refractivity contribution in [3.05, 3.63) is 70.5 Å². The smallest absolute Gasteiger partial charge is 0.138 e. The number of rotatable bonds is 4. The van der Waals surface area contributed by atoms with E-state index in [4.69, 9.17) is 21.6 Å². The summed E-state index contributed by atoms with van der Waals surface area (Å²) < 4.78 is 18.9. The fraction of sp³-hybridized carbons (Fsp3) is 0.0625. The summed E-state index contributed by atoms with van der Waals surface area (Å²) in [7, 11) is 0. The van der Waals surface area contributed by atoms with Gasteiger partial charge in [-0.05, 0) is 29.8 Å². The summed E-state index contributed by atoms with van der Waals surface area (Å²) in [6.07, 6.45) is 3.01. The number of ether oxygens (including phenoxy) is 1. The fourth-order valence-corrected chi connectivity index (χ4v) is 1.89. The van der Waals surface area contributed by atoms with Crippen LogP contribution in [0.3, 0.4) is 0 Å². The van der Waals surface area contributed by atoms with E-state index >= 15 is 0 Å². The minimum Gasteiger partial charge on any atom is -0.487 e. The third-order valence-corrected chi connectivity index (χ3v) is 2.94. The molecule has 20 heavy (non-hydrogen) atoms. The van der Waals surface area contributed by atoms with Crippen molar-refractivity contribution in [3.8, 4) is 11.8 Å². The van der Waals surface area contributed by atoms with Gasteiger partial charge in [-0.2, -0.15) is 5.26 Å². The van der Waals surface area contributed by atoms with E-state index in [9.17, 15) is 4.39 Å². The molecule has 2 rings (SSSR count). The summed E-state index contributed by atoms with van der Waals surface area (Å²) in [5.74, 6) is 0.168. The number of benzene rings is 2. The van der Waals surface area contributed by atoms with Crippen LogP contribution in [0.5, 0.6) is 5.75 Å². The number of hydrogen-bond donors (Lipinski definition) is 0. The molecule has 0 fully saturated rings. The van der Waals surface area contributed by atoms with Crippen molar-refractivity contribution in [2.45, 2.75) is 6.61 Å². The van der Waals surface area contributed by atoms with Gasteiger partial charge < -0.3 is 4.74 Å². The van der Waals surface area contributed by atoms with Crippen LogP contribution in [0.4, 0.5) is 4.39 Å². The van der Waals surface area contributed by atoms with Gasteiger partial charge in [-0.1, -0.05) is 35.9 Å². The van der Waals surface area contributed by atoms with Crippen molar-refractivity contribution in [1.82, 2.24) is 0 Å². The summed E-state index contributed by atoms with van der Waals surface area (Å²) in [6, 6.07) is 13.5. The Bertz CT molecular complexity index is 676. The van der Waals surface area contributed by atoms with Gasteiger partial charge in [0.25, 0.3) is 0 Å². The van der Waals surface area contributed by atoms with E-state index in [-0.39, 0.29) is 12.4 Å². The maximum absolute atomic E-state index is 13.4. The third kappa shape index (κ3) is 3.59. The lowest BCUT2D eigenvalue weighted by Gasteiger charge is -2.09. The van der Waals surface area contributed by atoms with Gasteiger partial charge in [0.2, 0.25) is 0 Å². The molecule has 2 aromatic rings. The first kappa shape index (κ1) is 14.1. The summed E-state index contributed by atoms with van der Waals surface area (Å²) in [5.41, 5.74) is 1.27. The molecule has 0 saturated heterocycles. The van der Waals surface area contributed by atoms with Gasteiger partial charge in [0, 0.05) is 11.6 Å². The van der Waals surface area contributed by atoms with Crippen LogP contribution in [0, 0.1) is 17.1 Å². The first-order chi connectivity index (χ1) is 9.70. The highest BCUT2D eigenvalue weighted by atomic mass is 35.5. The van der Waals surface area contributed by atoms with Gasteiger partial charge in [0.05, 0.1) is 11.1 Å². The van der Waals surface area contributed by atoms with Gasteiger partial charge >= 0.3 is 0 Å². The van der Waals surface area contributed by atoms with Crippen LogP contribution < -0.4 is 4.74 Å². The number of allylic oxidation sites excluding steroid dienone is 1. The second kappa shape index (κ2) is 6.74. The Morgan fingerprint density at radius 1 is 1.25 bits per heavy atom. The topological polar surface area (TPSA) is 33.0 Å². The van der Waals surface area contributed by atoms with Crippen LogP contribution >= 0.6 is 11.6 Å². The van der Waals surface area contributed by atoms with Crippen LogP contribution in [0.2, 0.25) is 5.02 Å². The van der Waals surface area contributed by atoms with Gasteiger partial charge in [-0.15, -0.1) is 0 Å². The lowest BCUT2D eigenvalue weighted by atomic mass is 10.2. The maximum Gasteiger partial charge on any atom is 0.138 e. The summed E-state index contributed by atoms with van der Waals surface area (Å²) >= 11 is 6.08. The van der Waals surface area contributed by atoms with Crippen molar-refractivity contribution in [2.24, 2.45) is 0 Å². The predicted octanol–water partition coefficient (Wildman–Crippen LogP) is 4.59. The minimum absolute atomic E-state index is 0.111. The van der Waals surface area contributed by atoms with Gasteiger partial charge in [0.1, 0.15) is 18.2 Å². The van der Waals surface area contributed by atoms with Gasteiger partial charge in [-0.25, -0.2) is 4.39 Å². The average molecular weight is 288 g/mol. The molecule has 0 aliphatic heterocycles. The molecule has 2 nitrogen and oxygen atoms in total. The number of hydrogen-bond acceptors (Lipinski definition) is 2. The quantitative estimate of drug-likeness (QED) is 0.770. The predicted molar refractivity (Wildman–Crippen MR) is 76.8 cm³/mol. The second-order valence-electron chi connectivity index (χ2n) is 4.03. The highest BCUT2D eigenvalue weighted by Crippen LogP contribution is 2.27. The maximum atomic E-state index is 13.4.